The average molecular weight is 459 g/mol. The number of ether oxygens (including phenoxy) is 1. The predicted octanol–water partition coefficient (Wildman–Crippen LogP) is 5.58. The van der Waals surface area contributed by atoms with Crippen LogP contribution in [0.25, 0.3) is 0 Å². The highest BCUT2D eigenvalue weighted by atomic mass is 16.5. The smallest absolute Gasteiger partial charge is 0.169 e. The molecule has 0 amide bonds. The van der Waals surface area contributed by atoms with E-state index in [1.807, 2.05) is 18.2 Å². The van der Waals surface area contributed by atoms with E-state index in [2.05, 4.69) is 0 Å². The Hall–Kier alpha value is -4.32. The number of hydrogen-bond donors (Lipinski definition) is 5. The highest BCUT2D eigenvalue weighted by Crippen LogP contribution is 2.34. The molecule has 5 N–H and O–H groups in total. The first-order valence-electron chi connectivity index (χ1n) is 11.0. The van der Waals surface area contributed by atoms with Gasteiger partial charge in [0.25, 0.3) is 0 Å². The van der Waals surface area contributed by atoms with Crippen molar-refractivity contribution in [3.8, 4) is 40.2 Å². The molecule has 0 aliphatic heterocycles. The Morgan fingerprint density at radius 3 is 1.76 bits per heavy atom. The van der Waals surface area contributed by atoms with Crippen molar-refractivity contribution in [1.29, 1.82) is 0 Å². The fourth-order valence-electron chi connectivity index (χ4n) is 3.79. The molecule has 6 nitrogen and oxygen atoms in total. The van der Waals surface area contributed by atoms with Crippen molar-refractivity contribution >= 4 is 0 Å². The van der Waals surface area contributed by atoms with Gasteiger partial charge in [-0.3, -0.25) is 0 Å². The summed E-state index contributed by atoms with van der Waals surface area (Å²) in [6, 6.07) is 21.9. The molecule has 0 saturated carbocycles. The van der Waals surface area contributed by atoms with Gasteiger partial charge >= 0.3 is 0 Å². The van der Waals surface area contributed by atoms with Crippen LogP contribution in [0.2, 0.25) is 0 Å². The molecular weight excluding hydrogens is 432 g/mol. The second-order valence-electron chi connectivity index (χ2n) is 8.23. The molecule has 0 fully saturated rings. The first-order valence-corrected chi connectivity index (χ1v) is 11.0. The number of aromatic hydroxyl groups is 5. The Kier molecular flexibility index (Phi) is 6.78. The molecule has 0 spiro atoms. The molecule has 0 atom stereocenters. The lowest BCUT2D eigenvalue weighted by atomic mass is 10.0. The summed E-state index contributed by atoms with van der Waals surface area (Å²) in [5.74, 6) is 0.642. The van der Waals surface area contributed by atoms with Crippen LogP contribution in [-0.4, -0.2) is 25.5 Å². The average Bonchev–Trinajstić information content (AvgIpc) is 2.80. The lowest BCUT2D eigenvalue weighted by molar-refractivity contribution is 0.403. The van der Waals surface area contributed by atoms with Gasteiger partial charge in [-0.05, 0) is 96.5 Å². The zero-order valence-corrected chi connectivity index (χ0v) is 18.5. The van der Waals surface area contributed by atoms with Crippen molar-refractivity contribution in [3.05, 3.63) is 101 Å². The number of benzene rings is 4. The maximum atomic E-state index is 10.5. The first-order chi connectivity index (χ1) is 16.4. The van der Waals surface area contributed by atoms with Crippen LogP contribution in [0, 0.1) is 0 Å². The standard InChI is InChI=1S/C28H26O6/c29-22-3-1-2-18(12-22)6-7-21-13-23(30)17-24(14-21)34-28-11-9-20(16-27(28)33)5-4-19-8-10-25(31)26(32)15-19/h1-3,8-17,29-33H,4-7H2. The Balaban J connectivity index is 1.41. The largest absolute Gasteiger partial charge is 0.508 e. The van der Waals surface area contributed by atoms with Crippen molar-refractivity contribution < 1.29 is 30.3 Å². The molecule has 6 heteroatoms. The fraction of sp³-hybridized carbons (Fsp3) is 0.143. The van der Waals surface area contributed by atoms with Gasteiger partial charge < -0.3 is 30.3 Å². The molecule has 0 aliphatic rings. The van der Waals surface area contributed by atoms with E-state index in [-0.39, 0.29) is 34.5 Å². The van der Waals surface area contributed by atoms with Crippen LogP contribution in [-0.2, 0) is 25.7 Å². The maximum Gasteiger partial charge on any atom is 0.169 e. The van der Waals surface area contributed by atoms with Gasteiger partial charge in [0.15, 0.2) is 23.0 Å². The highest BCUT2D eigenvalue weighted by Gasteiger charge is 2.09. The molecule has 0 radical (unpaired) electrons. The van der Waals surface area contributed by atoms with E-state index in [0.717, 1.165) is 22.3 Å². The molecule has 0 saturated heterocycles. The van der Waals surface area contributed by atoms with Crippen LogP contribution in [0.15, 0.2) is 78.9 Å². The lowest BCUT2D eigenvalue weighted by Gasteiger charge is -2.12. The van der Waals surface area contributed by atoms with Gasteiger partial charge in [0.2, 0.25) is 0 Å². The van der Waals surface area contributed by atoms with E-state index in [4.69, 9.17) is 4.74 Å². The van der Waals surface area contributed by atoms with Crippen LogP contribution in [0.4, 0.5) is 0 Å². The van der Waals surface area contributed by atoms with Gasteiger partial charge in [0.1, 0.15) is 17.2 Å². The summed E-state index contributed by atoms with van der Waals surface area (Å²) >= 11 is 0. The third kappa shape index (κ3) is 5.92. The van der Waals surface area contributed by atoms with Gasteiger partial charge in [-0.2, -0.15) is 0 Å². The van der Waals surface area contributed by atoms with Gasteiger partial charge in [-0.15, -0.1) is 0 Å². The topological polar surface area (TPSA) is 110 Å². The van der Waals surface area contributed by atoms with E-state index in [1.165, 1.54) is 18.2 Å². The third-order valence-corrected chi connectivity index (χ3v) is 5.56. The van der Waals surface area contributed by atoms with Crippen LogP contribution < -0.4 is 4.74 Å². The molecule has 4 rings (SSSR count). The highest BCUT2D eigenvalue weighted by molar-refractivity contribution is 5.47. The molecule has 34 heavy (non-hydrogen) atoms. The summed E-state index contributed by atoms with van der Waals surface area (Å²) in [4.78, 5) is 0. The summed E-state index contributed by atoms with van der Waals surface area (Å²) in [5.41, 5.74) is 3.61. The second kappa shape index (κ2) is 10.1. The summed E-state index contributed by atoms with van der Waals surface area (Å²) in [7, 11) is 0. The molecule has 0 heterocycles. The Labute approximate surface area is 197 Å². The number of rotatable bonds is 8. The van der Waals surface area contributed by atoms with Crippen LogP contribution in [0.5, 0.6) is 40.2 Å². The third-order valence-electron chi connectivity index (χ3n) is 5.56. The van der Waals surface area contributed by atoms with Crippen molar-refractivity contribution in [2.24, 2.45) is 0 Å². The lowest BCUT2D eigenvalue weighted by Crippen LogP contribution is -1.94. The number of phenolic OH excluding ortho intramolecular Hbond substituents is 5. The fourth-order valence-corrected chi connectivity index (χ4v) is 3.79. The van der Waals surface area contributed by atoms with Crippen LogP contribution in [0.3, 0.4) is 0 Å². The number of hydrogen-bond acceptors (Lipinski definition) is 6. The SMILES string of the molecule is Oc1cccc(CCc2cc(O)cc(Oc3ccc(CCc4ccc(O)c(O)c4)cc3O)c2)c1. The van der Waals surface area contributed by atoms with E-state index >= 15 is 0 Å². The Bertz CT molecular complexity index is 1300. The molecule has 0 aliphatic carbocycles. The monoisotopic (exact) mass is 458 g/mol. The van der Waals surface area contributed by atoms with Crippen molar-refractivity contribution in [2.45, 2.75) is 25.7 Å². The summed E-state index contributed by atoms with van der Waals surface area (Å²) in [6.07, 6.45) is 2.59. The number of phenols is 5. The maximum absolute atomic E-state index is 10.5. The molecule has 0 unspecified atom stereocenters. The van der Waals surface area contributed by atoms with Gasteiger partial charge in [-0.25, -0.2) is 0 Å². The minimum atomic E-state index is -0.156. The Morgan fingerprint density at radius 1 is 0.471 bits per heavy atom. The van der Waals surface area contributed by atoms with Crippen LogP contribution >= 0.6 is 0 Å². The summed E-state index contributed by atoms with van der Waals surface area (Å²) in [6.45, 7) is 0. The minimum Gasteiger partial charge on any atom is -0.508 e. The quantitative estimate of drug-likeness (QED) is 0.221. The van der Waals surface area contributed by atoms with Crippen molar-refractivity contribution in [1.82, 2.24) is 0 Å². The van der Waals surface area contributed by atoms with Gasteiger partial charge in [0.05, 0.1) is 0 Å². The predicted molar refractivity (Wildman–Crippen MR) is 129 cm³/mol. The summed E-state index contributed by atoms with van der Waals surface area (Å²) < 4.78 is 5.84. The van der Waals surface area contributed by atoms with E-state index in [0.29, 0.717) is 31.4 Å². The second-order valence-corrected chi connectivity index (χ2v) is 8.23. The zero-order chi connectivity index (χ0) is 24.1. The van der Waals surface area contributed by atoms with Gasteiger partial charge in [-0.1, -0.05) is 24.3 Å². The molecule has 0 aromatic heterocycles. The normalized spacial score (nSPS) is 10.8. The molecule has 4 aromatic carbocycles. The number of aryl methyl sites for hydroxylation is 4. The van der Waals surface area contributed by atoms with E-state index in [9.17, 15) is 25.5 Å². The van der Waals surface area contributed by atoms with Crippen molar-refractivity contribution in [3.63, 3.8) is 0 Å². The van der Waals surface area contributed by atoms with Crippen molar-refractivity contribution in [2.75, 3.05) is 0 Å². The zero-order valence-electron chi connectivity index (χ0n) is 18.5. The van der Waals surface area contributed by atoms with E-state index < -0.39 is 0 Å². The Morgan fingerprint density at radius 2 is 1.09 bits per heavy atom. The molecule has 4 aromatic rings. The summed E-state index contributed by atoms with van der Waals surface area (Å²) in [5, 5.41) is 49.3. The van der Waals surface area contributed by atoms with Crippen LogP contribution in [0.1, 0.15) is 22.3 Å². The first kappa shape index (κ1) is 22.9. The minimum absolute atomic E-state index is 0.0179. The van der Waals surface area contributed by atoms with E-state index in [1.54, 1.807) is 42.5 Å². The molecule has 0 bridgehead atoms. The molecule has 174 valence electrons. The van der Waals surface area contributed by atoms with Gasteiger partial charge in [0, 0.05) is 6.07 Å². The molecular formula is C28H26O6.